The average Bonchev–Trinajstić information content (AvgIpc) is 2.80. The Labute approximate surface area is 138 Å². The Morgan fingerprint density at radius 3 is 2.70 bits per heavy atom. The van der Waals surface area contributed by atoms with Gasteiger partial charge < -0.3 is 9.64 Å². The molecule has 23 heavy (non-hydrogen) atoms. The smallest absolute Gasteiger partial charge is 0.413 e. The van der Waals surface area contributed by atoms with Crippen LogP contribution in [0.5, 0.6) is 0 Å². The van der Waals surface area contributed by atoms with E-state index in [4.69, 9.17) is 4.74 Å². The SMILES string of the molecule is CCOC(=O)NC(=O)CN(CC)c1ncnc2sc(C)c(C)c12. The number of likely N-dealkylation sites (N-methyl/N-ethyl adjacent to an activating group) is 1. The lowest BCUT2D eigenvalue weighted by Crippen LogP contribution is -2.40. The summed E-state index contributed by atoms with van der Waals surface area (Å²) in [5.41, 5.74) is 1.12. The molecule has 2 amide bonds. The van der Waals surface area contributed by atoms with Gasteiger partial charge >= 0.3 is 6.09 Å². The highest BCUT2D eigenvalue weighted by atomic mass is 32.1. The molecule has 1 N–H and O–H groups in total. The first-order chi connectivity index (χ1) is 11.0. The van der Waals surface area contributed by atoms with Crippen molar-refractivity contribution in [2.24, 2.45) is 0 Å². The number of aromatic nitrogens is 2. The third-order valence-electron chi connectivity index (χ3n) is 3.48. The van der Waals surface area contributed by atoms with Gasteiger partial charge in [-0.15, -0.1) is 11.3 Å². The molecular formula is C15H20N4O3S. The van der Waals surface area contributed by atoms with E-state index in [1.807, 2.05) is 25.7 Å². The number of nitrogens with zero attached hydrogens (tertiary/aromatic N) is 3. The van der Waals surface area contributed by atoms with E-state index in [2.05, 4.69) is 15.3 Å². The Morgan fingerprint density at radius 1 is 1.30 bits per heavy atom. The lowest BCUT2D eigenvalue weighted by atomic mass is 10.2. The number of amides is 2. The molecule has 2 rings (SSSR count). The van der Waals surface area contributed by atoms with Crippen LogP contribution in [0.4, 0.5) is 10.6 Å². The van der Waals surface area contributed by atoms with Crippen molar-refractivity contribution in [1.29, 1.82) is 0 Å². The summed E-state index contributed by atoms with van der Waals surface area (Å²) in [7, 11) is 0. The molecule has 8 heteroatoms. The quantitative estimate of drug-likeness (QED) is 0.902. The number of fused-ring (bicyclic) bond motifs is 1. The number of rotatable bonds is 5. The number of hydrogen-bond acceptors (Lipinski definition) is 7. The summed E-state index contributed by atoms with van der Waals surface area (Å²) >= 11 is 1.60. The Kier molecular flexibility index (Phi) is 5.49. The Morgan fingerprint density at radius 2 is 2.04 bits per heavy atom. The van der Waals surface area contributed by atoms with Crippen LogP contribution in [0.1, 0.15) is 24.3 Å². The van der Waals surface area contributed by atoms with Crippen molar-refractivity contribution in [3.63, 3.8) is 0 Å². The first kappa shape index (κ1) is 17.1. The Balaban J connectivity index is 2.24. The molecule has 0 unspecified atom stereocenters. The van der Waals surface area contributed by atoms with Gasteiger partial charge in [-0.05, 0) is 33.3 Å². The number of carbonyl (C=O) groups excluding carboxylic acids is 2. The Hall–Kier alpha value is -2.22. The molecule has 124 valence electrons. The minimum Gasteiger partial charge on any atom is -0.450 e. The normalized spacial score (nSPS) is 10.6. The topological polar surface area (TPSA) is 84.4 Å². The van der Waals surface area contributed by atoms with Crippen molar-refractivity contribution in [3.05, 3.63) is 16.8 Å². The lowest BCUT2D eigenvalue weighted by Gasteiger charge is -2.21. The summed E-state index contributed by atoms with van der Waals surface area (Å²) in [5, 5.41) is 3.16. The molecule has 0 saturated carbocycles. The van der Waals surface area contributed by atoms with Gasteiger partial charge in [0.25, 0.3) is 0 Å². The second-order valence-corrected chi connectivity index (χ2v) is 6.15. The fraction of sp³-hybridized carbons (Fsp3) is 0.467. The summed E-state index contributed by atoms with van der Waals surface area (Å²) in [4.78, 5) is 35.9. The highest BCUT2D eigenvalue weighted by Crippen LogP contribution is 2.34. The summed E-state index contributed by atoms with van der Waals surface area (Å²) < 4.78 is 4.71. The van der Waals surface area contributed by atoms with Gasteiger partial charge in [0.15, 0.2) is 0 Å². The number of imide groups is 1. The van der Waals surface area contributed by atoms with Crippen LogP contribution in [0, 0.1) is 13.8 Å². The molecule has 0 saturated heterocycles. The second-order valence-electron chi connectivity index (χ2n) is 4.94. The molecule has 0 aliphatic rings. The third kappa shape index (κ3) is 3.76. The zero-order valence-corrected chi connectivity index (χ0v) is 14.5. The van der Waals surface area contributed by atoms with Crippen molar-refractivity contribution >= 4 is 39.4 Å². The van der Waals surface area contributed by atoms with Crippen LogP contribution in [0.3, 0.4) is 0 Å². The maximum atomic E-state index is 12.0. The monoisotopic (exact) mass is 336 g/mol. The van der Waals surface area contributed by atoms with Crippen LogP contribution in [0.15, 0.2) is 6.33 Å². The number of ether oxygens (including phenoxy) is 1. The summed E-state index contributed by atoms with van der Waals surface area (Å²) in [6, 6.07) is 0. The predicted molar refractivity (Wildman–Crippen MR) is 89.9 cm³/mol. The fourth-order valence-electron chi connectivity index (χ4n) is 2.23. The minimum atomic E-state index is -0.732. The number of carbonyl (C=O) groups is 2. The summed E-state index contributed by atoms with van der Waals surface area (Å²) in [6.45, 7) is 8.49. The van der Waals surface area contributed by atoms with E-state index in [-0.39, 0.29) is 13.2 Å². The minimum absolute atomic E-state index is 0.0236. The molecule has 0 radical (unpaired) electrons. The van der Waals surface area contributed by atoms with Gasteiger partial charge in [0.05, 0.1) is 18.5 Å². The molecule has 7 nitrogen and oxygen atoms in total. The largest absolute Gasteiger partial charge is 0.450 e. The van der Waals surface area contributed by atoms with Gasteiger partial charge in [0.1, 0.15) is 17.0 Å². The number of hydrogen-bond donors (Lipinski definition) is 1. The molecule has 2 heterocycles. The van der Waals surface area contributed by atoms with E-state index >= 15 is 0 Å². The van der Waals surface area contributed by atoms with Gasteiger partial charge in [-0.3, -0.25) is 10.1 Å². The molecule has 2 aromatic heterocycles. The van der Waals surface area contributed by atoms with E-state index in [1.165, 1.54) is 11.2 Å². The van der Waals surface area contributed by atoms with E-state index in [9.17, 15) is 9.59 Å². The van der Waals surface area contributed by atoms with E-state index < -0.39 is 12.0 Å². The molecule has 0 aliphatic heterocycles. The molecule has 0 aromatic carbocycles. The molecule has 0 atom stereocenters. The maximum Gasteiger partial charge on any atom is 0.413 e. The highest BCUT2D eigenvalue weighted by molar-refractivity contribution is 7.18. The number of alkyl carbamates (subject to hydrolysis) is 1. The molecular weight excluding hydrogens is 316 g/mol. The molecule has 0 aliphatic carbocycles. The number of aryl methyl sites for hydroxylation is 2. The van der Waals surface area contributed by atoms with Crippen LogP contribution < -0.4 is 10.2 Å². The summed E-state index contributed by atoms with van der Waals surface area (Å²) in [6.07, 6.45) is 0.767. The first-order valence-corrected chi connectivity index (χ1v) is 8.21. The van der Waals surface area contributed by atoms with E-state index in [1.54, 1.807) is 18.3 Å². The first-order valence-electron chi connectivity index (χ1n) is 7.40. The van der Waals surface area contributed by atoms with Crippen molar-refractivity contribution in [2.45, 2.75) is 27.7 Å². The molecule has 2 aromatic rings. The molecule has 0 spiro atoms. The van der Waals surface area contributed by atoms with Crippen molar-refractivity contribution in [3.8, 4) is 0 Å². The number of anilines is 1. The van der Waals surface area contributed by atoms with Crippen LogP contribution >= 0.6 is 11.3 Å². The van der Waals surface area contributed by atoms with Crippen LogP contribution in [-0.4, -0.2) is 41.7 Å². The van der Waals surface area contributed by atoms with Crippen LogP contribution in [0.25, 0.3) is 10.2 Å². The third-order valence-corrected chi connectivity index (χ3v) is 4.59. The van der Waals surface area contributed by atoms with Crippen molar-refractivity contribution in [2.75, 3.05) is 24.6 Å². The lowest BCUT2D eigenvalue weighted by molar-refractivity contribution is -0.119. The van der Waals surface area contributed by atoms with Crippen molar-refractivity contribution < 1.29 is 14.3 Å². The maximum absolute atomic E-state index is 12.0. The number of thiophene rings is 1. The van der Waals surface area contributed by atoms with Gasteiger partial charge in [0.2, 0.25) is 5.91 Å². The van der Waals surface area contributed by atoms with Gasteiger partial charge in [-0.2, -0.15) is 0 Å². The van der Waals surface area contributed by atoms with Crippen LogP contribution in [-0.2, 0) is 9.53 Å². The van der Waals surface area contributed by atoms with Gasteiger partial charge in [-0.1, -0.05) is 0 Å². The van der Waals surface area contributed by atoms with Crippen molar-refractivity contribution in [1.82, 2.24) is 15.3 Å². The predicted octanol–water partition coefficient (Wildman–Crippen LogP) is 2.41. The van der Waals surface area contributed by atoms with E-state index in [0.29, 0.717) is 12.4 Å². The van der Waals surface area contributed by atoms with Gasteiger partial charge in [-0.25, -0.2) is 14.8 Å². The van der Waals surface area contributed by atoms with E-state index in [0.717, 1.165) is 15.8 Å². The van der Waals surface area contributed by atoms with Crippen LogP contribution in [0.2, 0.25) is 0 Å². The molecule has 0 fully saturated rings. The number of nitrogens with one attached hydrogen (secondary N) is 1. The van der Waals surface area contributed by atoms with Gasteiger partial charge in [0, 0.05) is 11.4 Å². The Bertz CT molecular complexity index is 729. The zero-order valence-electron chi connectivity index (χ0n) is 13.7. The zero-order chi connectivity index (χ0) is 17.0. The second kappa shape index (κ2) is 7.36. The highest BCUT2D eigenvalue weighted by Gasteiger charge is 2.19. The molecule has 0 bridgehead atoms. The summed E-state index contributed by atoms with van der Waals surface area (Å²) in [5.74, 6) is 0.278. The standard InChI is InChI=1S/C15H20N4O3S/c1-5-19(7-11(20)18-15(21)22-6-2)13-12-9(3)10(4)23-14(12)17-8-16-13/h8H,5-7H2,1-4H3,(H,18,20,21). The average molecular weight is 336 g/mol. The fourth-order valence-corrected chi connectivity index (χ4v) is 3.23.